The lowest BCUT2D eigenvalue weighted by molar-refractivity contribution is -0.112. The van der Waals surface area contributed by atoms with E-state index < -0.39 is 5.91 Å². The average molecular weight is 445 g/mol. The Kier molecular flexibility index (Phi) is 8.01. The molecule has 0 fully saturated rings. The number of aromatic nitrogens is 2. The molecule has 1 N–H and O–H groups in total. The summed E-state index contributed by atoms with van der Waals surface area (Å²) in [5.41, 5.74) is 4.36. The molecule has 1 amide bonds. The van der Waals surface area contributed by atoms with Crippen molar-refractivity contribution in [2.75, 3.05) is 19.0 Å². The quantitative estimate of drug-likeness (QED) is 0.377. The van der Waals surface area contributed by atoms with Crippen molar-refractivity contribution in [3.63, 3.8) is 0 Å². The first-order valence-electron chi connectivity index (χ1n) is 10.6. The zero-order valence-corrected chi connectivity index (χ0v) is 19.3. The SMILES string of the molecule is COCC(C)n1c(C)cc(/C=C(/C#N)C(=O)Nc2cccc(OCc3cccnc3)c2)c1C. The highest BCUT2D eigenvalue weighted by atomic mass is 16.5. The van der Waals surface area contributed by atoms with Gasteiger partial charge in [-0.05, 0) is 56.7 Å². The fraction of sp³-hybridized carbons (Fsp3) is 0.269. The number of nitriles is 1. The van der Waals surface area contributed by atoms with Crippen LogP contribution in [0.2, 0.25) is 0 Å². The molecule has 7 nitrogen and oxygen atoms in total. The van der Waals surface area contributed by atoms with E-state index in [4.69, 9.17) is 9.47 Å². The van der Waals surface area contributed by atoms with Crippen molar-refractivity contribution in [2.24, 2.45) is 0 Å². The third-order valence-corrected chi connectivity index (χ3v) is 5.26. The molecule has 3 rings (SSSR count). The van der Waals surface area contributed by atoms with Crippen LogP contribution in [0, 0.1) is 25.2 Å². The molecule has 1 atom stereocenters. The maximum Gasteiger partial charge on any atom is 0.266 e. The highest BCUT2D eigenvalue weighted by molar-refractivity contribution is 6.09. The summed E-state index contributed by atoms with van der Waals surface area (Å²) in [6.07, 6.45) is 5.07. The Morgan fingerprint density at radius 3 is 2.79 bits per heavy atom. The summed E-state index contributed by atoms with van der Waals surface area (Å²) in [6, 6.07) is 15.0. The van der Waals surface area contributed by atoms with Crippen LogP contribution >= 0.6 is 0 Å². The van der Waals surface area contributed by atoms with Gasteiger partial charge in [-0.15, -0.1) is 0 Å². The van der Waals surface area contributed by atoms with Gasteiger partial charge in [0.25, 0.3) is 5.91 Å². The van der Waals surface area contributed by atoms with Crippen molar-refractivity contribution in [3.05, 3.63) is 82.9 Å². The molecule has 1 aromatic carbocycles. The Labute approximate surface area is 194 Å². The lowest BCUT2D eigenvalue weighted by Crippen LogP contribution is -2.14. The Morgan fingerprint density at radius 2 is 2.09 bits per heavy atom. The molecule has 0 saturated heterocycles. The minimum absolute atomic E-state index is 0.0244. The molecule has 1 unspecified atom stereocenters. The van der Waals surface area contributed by atoms with Crippen LogP contribution in [0.25, 0.3) is 6.08 Å². The van der Waals surface area contributed by atoms with Gasteiger partial charge in [-0.2, -0.15) is 5.26 Å². The molecule has 0 aliphatic carbocycles. The van der Waals surface area contributed by atoms with E-state index in [1.807, 2.05) is 44.2 Å². The number of ether oxygens (including phenoxy) is 2. The van der Waals surface area contributed by atoms with E-state index in [0.29, 0.717) is 24.7 Å². The number of anilines is 1. The monoisotopic (exact) mass is 444 g/mol. The number of pyridine rings is 1. The standard InChI is InChI=1S/C26H28N4O3/c1-18-11-22(20(3)30(18)19(2)16-32-4)12-23(14-27)26(31)29-24-8-5-9-25(13-24)33-17-21-7-6-10-28-15-21/h5-13,15,19H,16-17H2,1-4H3,(H,29,31)/b23-12-. The van der Waals surface area contributed by atoms with Gasteiger partial charge in [0.05, 0.1) is 12.6 Å². The van der Waals surface area contributed by atoms with Gasteiger partial charge in [0.1, 0.15) is 24.0 Å². The summed E-state index contributed by atoms with van der Waals surface area (Å²) >= 11 is 0. The zero-order valence-electron chi connectivity index (χ0n) is 19.3. The maximum atomic E-state index is 12.8. The molecule has 0 bridgehead atoms. The van der Waals surface area contributed by atoms with Crippen LogP contribution in [0.1, 0.15) is 35.5 Å². The summed E-state index contributed by atoms with van der Waals surface area (Å²) in [6.45, 7) is 6.98. The Morgan fingerprint density at radius 1 is 1.27 bits per heavy atom. The topological polar surface area (TPSA) is 89.2 Å². The van der Waals surface area contributed by atoms with E-state index >= 15 is 0 Å². The first kappa shape index (κ1) is 23.8. The predicted octanol–water partition coefficient (Wildman–Crippen LogP) is 4.83. The maximum absolute atomic E-state index is 12.8. The second kappa shape index (κ2) is 11.1. The molecule has 33 heavy (non-hydrogen) atoms. The van der Waals surface area contributed by atoms with Crippen molar-refractivity contribution in [1.82, 2.24) is 9.55 Å². The van der Waals surface area contributed by atoms with Gasteiger partial charge in [0.2, 0.25) is 0 Å². The summed E-state index contributed by atoms with van der Waals surface area (Å²) in [7, 11) is 1.67. The second-order valence-electron chi connectivity index (χ2n) is 7.80. The molecule has 3 aromatic rings. The van der Waals surface area contributed by atoms with E-state index in [1.54, 1.807) is 43.8 Å². The van der Waals surface area contributed by atoms with Crippen LogP contribution in [0.15, 0.2) is 60.4 Å². The lowest BCUT2D eigenvalue weighted by Gasteiger charge is -2.17. The first-order valence-corrected chi connectivity index (χ1v) is 10.6. The lowest BCUT2D eigenvalue weighted by atomic mass is 10.1. The van der Waals surface area contributed by atoms with Gasteiger partial charge in [-0.25, -0.2) is 0 Å². The summed E-state index contributed by atoms with van der Waals surface area (Å²) in [5.74, 6) is 0.131. The van der Waals surface area contributed by atoms with E-state index in [2.05, 4.69) is 21.8 Å². The third-order valence-electron chi connectivity index (χ3n) is 5.26. The van der Waals surface area contributed by atoms with Gasteiger partial charge < -0.3 is 19.4 Å². The van der Waals surface area contributed by atoms with Crippen LogP contribution in [-0.4, -0.2) is 29.2 Å². The van der Waals surface area contributed by atoms with Gasteiger partial charge in [0, 0.05) is 48.2 Å². The molecule has 0 spiro atoms. The smallest absolute Gasteiger partial charge is 0.266 e. The molecule has 170 valence electrons. The van der Waals surface area contributed by atoms with Gasteiger partial charge in [0.15, 0.2) is 0 Å². The second-order valence-corrected chi connectivity index (χ2v) is 7.80. The Bertz CT molecular complexity index is 1180. The number of nitrogens with one attached hydrogen (secondary N) is 1. The first-order chi connectivity index (χ1) is 15.9. The van der Waals surface area contributed by atoms with Crippen LogP contribution in [0.5, 0.6) is 5.75 Å². The Balaban J connectivity index is 1.73. The van der Waals surface area contributed by atoms with E-state index in [1.165, 1.54) is 0 Å². The molecular formula is C26H28N4O3. The minimum atomic E-state index is -0.475. The number of nitrogens with zero attached hydrogens (tertiary/aromatic N) is 3. The number of aryl methyl sites for hydroxylation is 1. The average Bonchev–Trinajstić information content (AvgIpc) is 3.09. The highest BCUT2D eigenvalue weighted by Crippen LogP contribution is 2.24. The highest BCUT2D eigenvalue weighted by Gasteiger charge is 2.16. The van der Waals surface area contributed by atoms with Crippen LogP contribution in [-0.2, 0) is 16.1 Å². The van der Waals surface area contributed by atoms with E-state index in [0.717, 1.165) is 22.5 Å². The number of benzene rings is 1. The third kappa shape index (κ3) is 6.09. The Hall–Kier alpha value is -3.89. The van der Waals surface area contributed by atoms with Gasteiger partial charge >= 0.3 is 0 Å². The van der Waals surface area contributed by atoms with Crippen LogP contribution in [0.3, 0.4) is 0 Å². The number of amides is 1. The van der Waals surface area contributed by atoms with Crippen molar-refractivity contribution >= 4 is 17.7 Å². The molecule has 0 saturated carbocycles. The number of carbonyl (C=O) groups is 1. The van der Waals surface area contributed by atoms with Crippen molar-refractivity contribution in [1.29, 1.82) is 5.26 Å². The zero-order chi connectivity index (χ0) is 23.8. The molecule has 0 aliphatic rings. The predicted molar refractivity (Wildman–Crippen MR) is 128 cm³/mol. The van der Waals surface area contributed by atoms with Gasteiger partial charge in [-0.1, -0.05) is 12.1 Å². The number of methoxy groups -OCH3 is 1. The fourth-order valence-corrected chi connectivity index (χ4v) is 3.76. The summed E-state index contributed by atoms with van der Waals surface area (Å²) in [5, 5.41) is 12.4. The molecule has 2 aromatic heterocycles. The molecule has 0 aliphatic heterocycles. The molecule has 2 heterocycles. The number of carbonyl (C=O) groups excluding carboxylic acids is 1. The minimum Gasteiger partial charge on any atom is -0.489 e. The van der Waals surface area contributed by atoms with E-state index in [9.17, 15) is 10.1 Å². The normalized spacial score (nSPS) is 12.2. The number of hydrogen-bond acceptors (Lipinski definition) is 5. The van der Waals surface area contributed by atoms with Crippen molar-refractivity contribution < 1.29 is 14.3 Å². The van der Waals surface area contributed by atoms with Crippen LogP contribution in [0.4, 0.5) is 5.69 Å². The van der Waals surface area contributed by atoms with Crippen molar-refractivity contribution in [2.45, 2.75) is 33.4 Å². The number of rotatable bonds is 9. The largest absolute Gasteiger partial charge is 0.489 e. The molecule has 7 heteroatoms. The van der Waals surface area contributed by atoms with Gasteiger partial charge in [-0.3, -0.25) is 9.78 Å². The fourth-order valence-electron chi connectivity index (χ4n) is 3.76. The van der Waals surface area contributed by atoms with E-state index in [-0.39, 0.29) is 11.6 Å². The number of hydrogen-bond donors (Lipinski definition) is 1. The summed E-state index contributed by atoms with van der Waals surface area (Å²) < 4.78 is 13.2. The molecule has 0 radical (unpaired) electrons. The summed E-state index contributed by atoms with van der Waals surface area (Å²) in [4.78, 5) is 16.9. The molecular weight excluding hydrogens is 416 g/mol. The van der Waals surface area contributed by atoms with Crippen molar-refractivity contribution in [3.8, 4) is 11.8 Å². The van der Waals surface area contributed by atoms with Crippen LogP contribution < -0.4 is 10.1 Å².